The van der Waals surface area contributed by atoms with Crippen molar-refractivity contribution in [2.75, 3.05) is 12.4 Å². The largest absolute Gasteiger partial charge is 0.507 e. The number of hydrogen-bond acceptors (Lipinski definition) is 12. The van der Waals surface area contributed by atoms with Gasteiger partial charge in [-0.15, -0.1) is 0 Å². The molecule has 1 amide bonds. The van der Waals surface area contributed by atoms with Gasteiger partial charge in [0.1, 0.15) is 23.4 Å². The maximum atomic E-state index is 13.1. The number of anilines is 1. The van der Waals surface area contributed by atoms with Gasteiger partial charge < -0.3 is 54.9 Å². The number of aliphatic hydroxyl groups is 3. The Morgan fingerprint density at radius 3 is 2.22 bits per heavy atom. The summed E-state index contributed by atoms with van der Waals surface area (Å²) in [6, 6.07) is 1.10. The third-order valence-corrected chi connectivity index (χ3v) is 10.0. The van der Waals surface area contributed by atoms with Crippen LogP contribution in [0.15, 0.2) is 42.2 Å². The molecule has 7 N–H and O–H groups in total. The predicted molar refractivity (Wildman–Crippen MR) is 184 cm³/mol. The Morgan fingerprint density at radius 1 is 0.940 bits per heavy atom. The van der Waals surface area contributed by atoms with Gasteiger partial charge in [0.05, 0.1) is 35.6 Å². The number of nitrogens with one attached hydrogen (secondary N) is 1. The molecule has 50 heavy (non-hydrogen) atoms. The van der Waals surface area contributed by atoms with E-state index in [9.17, 15) is 40.2 Å². The molecule has 0 saturated carbocycles. The number of phenolic OH excluding ortho intramolecular Hbond substituents is 3. The van der Waals surface area contributed by atoms with Crippen molar-refractivity contribution in [3.8, 4) is 23.0 Å². The molecule has 0 aromatic heterocycles. The number of allylic oxidation sites excluding steroid dienone is 2. The number of rotatable bonds is 2. The Bertz CT molecular complexity index is 1720. The summed E-state index contributed by atoms with van der Waals surface area (Å²) >= 11 is 0. The number of ether oxygens (including phenoxy) is 4. The SMILES string of the molecule is CO[C@H]1/C=C/O[C@@]2(C)Oc3c(C)c(O)c4c(O)c(cc(O)c4c3[C@H]2O)NC(=O)/C(C)=C\C=C\[C@H](C)[C@H](O)[C@@H](C)[C@@H](O)[C@@H](C)[C@H](OC(C)=O)[C@@H]1C. The summed E-state index contributed by atoms with van der Waals surface area (Å²) in [7, 11) is 1.45. The van der Waals surface area contributed by atoms with Crippen molar-refractivity contribution in [3.63, 3.8) is 0 Å². The summed E-state index contributed by atoms with van der Waals surface area (Å²) in [5.74, 6) is -6.74. The van der Waals surface area contributed by atoms with E-state index in [0.29, 0.717) is 0 Å². The Balaban J connectivity index is 1.86. The number of amides is 1. The summed E-state index contributed by atoms with van der Waals surface area (Å²) < 4.78 is 23.4. The third-order valence-electron chi connectivity index (χ3n) is 10.0. The minimum absolute atomic E-state index is 0.0286. The Labute approximate surface area is 291 Å². The van der Waals surface area contributed by atoms with Crippen molar-refractivity contribution in [3.05, 3.63) is 53.3 Å². The molecule has 5 bridgehead atoms. The van der Waals surface area contributed by atoms with Crippen LogP contribution in [0, 0.1) is 30.6 Å². The number of carbonyl (C=O) groups is 2. The molecule has 3 heterocycles. The highest BCUT2D eigenvalue weighted by molar-refractivity contribution is 6.10. The molecular formula is C37H49NO12. The Morgan fingerprint density at radius 2 is 1.60 bits per heavy atom. The highest BCUT2D eigenvalue weighted by Gasteiger charge is 2.49. The van der Waals surface area contributed by atoms with Crippen LogP contribution in [0.5, 0.6) is 23.0 Å². The minimum atomic E-state index is -1.79. The third kappa shape index (κ3) is 7.13. The van der Waals surface area contributed by atoms with E-state index in [1.54, 1.807) is 39.8 Å². The van der Waals surface area contributed by atoms with Crippen molar-refractivity contribution in [2.24, 2.45) is 23.7 Å². The standard InChI is InChI=1S/C37H49NO12/c1-16-11-10-12-17(2)36(46)38-23-15-24(40)26-27(32(23)44)31(43)21(6)34-28(26)35(45)37(8,50-34)48-14-13-25(47-9)18(3)33(49-22(7)39)20(5)30(42)19(4)29(16)41/h10-16,18-20,25,29-30,33,35,40-45H,1-9H3,(H,38,46)/b11-10+,14-13+,17-12-/t16-,18+,19+,20+,25-,29-,30+,33+,35+,37-/m0/s1. The second kappa shape index (κ2) is 14.9. The van der Waals surface area contributed by atoms with Crippen LogP contribution >= 0.6 is 0 Å². The van der Waals surface area contributed by atoms with E-state index in [1.807, 2.05) is 0 Å². The number of hydrogen-bond donors (Lipinski definition) is 7. The highest BCUT2D eigenvalue weighted by atomic mass is 16.7. The second-order valence-electron chi connectivity index (χ2n) is 13.6. The molecule has 274 valence electrons. The maximum Gasteiger partial charge on any atom is 0.302 e. The number of benzene rings is 2. The van der Waals surface area contributed by atoms with Crippen LogP contribution in [0.2, 0.25) is 0 Å². The van der Waals surface area contributed by atoms with Gasteiger partial charge in [0, 0.05) is 72.8 Å². The summed E-state index contributed by atoms with van der Waals surface area (Å²) in [5, 5.41) is 70.0. The number of esters is 1. The average Bonchev–Trinajstić information content (AvgIpc) is 3.33. The lowest BCUT2D eigenvalue weighted by Gasteiger charge is -2.38. The minimum Gasteiger partial charge on any atom is -0.507 e. The average molecular weight is 700 g/mol. The van der Waals surface area contributed by atoms with Crippen LogP contribution in [0.4, 0.5) is 5.69 Å². The van der Waals surface area contributed by atoms with E-state index in [2.05, 4.69) is 5.32 Å². The molecule has 13 heteroatoms. The van der Waals surface area contributed by atoms with E-state index in [4.69, 9.17) is 18.9 Å². The molecule has 0 unspecified atom stereocenters. The quantitative estimate of drug-likeness (QED) is 0.131. The monoisotopic (exact) mass is 699 g/mol. The zero-order valence-corrected chi connectivity index (χ0v) is 29.8. The molecule has 3 aliphatic heterocycles. The molecule has 2 aromatic rings. The van der Waals surface area contributed by atoms with Gasteiger partial charge in [0.25, 0.3) is 11.7 Å². The van der Waals surface area contributed by atoms with Gasteiger partial charge in [-0.05, 0) is 19.9 Å². The zero-order chi connectivity index (χ0) is 37.4. The Kier molecular flexibility index (Phi) is 11.5. The molecule has 3 aliphatic rings. The molecular weight excluding hydrogens is 650 g/mol. The topological polar surface area (TPSA) is 204 Å². The summed E-state index contributed by atoms with van der Waals surface area (Å²) in [4.78, 5) is 25.3. The van der Waals surface area contributed by atoms with Crippen molar-refractivity contribution in [1.82, 2.24) is 0 Å². The number of phenols is 3. The first-order valence-electron chi connectivity index (χ1n) is 16.5. The van der Waals surface area contributed by atoms with Crippen LogP contribution in [0.3, 0.4) is 0 Å². The Hall–Kier alpha value is -4.30. The van der Waals surface area contributed by atoms with Gasteiger partial charge in [-0.2, -0.15) is 0 Å². The first-order chi connectivity index (χ1) is 23.4. The van der Waals surface area contributed by atoms with Gasteiger partial charge in [-0.3, -0.25) is 9.59 Å². The number of fused-ring (bicyclic) bond motifs is 14. The molecule has 13 nitrogen and oxygen atoms in total. The lowest BCUT2D eigenvalue weighted by molar-refractivity contribution is -0.181. The lowest BCUT2D eigenvalue weighted by atomic mass is 9.78. The summed E-state index contributed by atoms with van der Waals surface area (Å²) in [5.41, 5.74) is 0.206. The number of methoxy groups -OCH3 is 1. The van der Waals surface area contributed by atoms with Crippen LogP contribution < -0.4 is 10.1 Å². The van der Waals surface area contributed by atoms with E-state index in [0.717, 1.165) is 6.07 Å². The predicted octanol–water partition coefficient (Wildman–Crippen LogP) is 4.60. The van der Waals surface area contributed by atoms with Gasteiger partial charge in [0.2, 0.25) is 0 Å². The van der Waals surface area contributed by atoms with Crippen molar-refractivity contribution < 1.29 is 59.2 Å². The molecule has 0 spiro atoms. The van der Waals surface area contributed by atoms with E-state index >= 15 is 0 Å². The number of carbonyl (C=O) groups excluding carboxylic acids is 2. The molecule has 0 fully saturated rings. The van der Waals surface area contributed by atoms with Gasteiger partial charge in [0.15, 0.2) is 11.9 Å². The fourth-order valence-electron chi connectivity index (χ4n) is 6.80. The first kappa shape index (κ1) is 38.5. The van der Waals surface area contributed by atoms with Crippen molar-refractivity contribution >= 4 is 28.3 Å². The molecule has 5 rings (SSSR count). The summed E-state index contributed by atoms with van der Waals surface area (Å²) in [6.45, 7) is 12.7. The van der Waals surface area contributed by atoms with Crippen LogP contribution in [-0.2, 0) is 23.8 Å². The normalized spacial score (nSPS) is 34.7. The van der Waals surface area contributed by atoms with Gasteiger partial charge in [-0.1, -0.05) is 45.9 Å². The van der Waals surface area contributed by atoms with Crippen LogP contribution in [0.1, 0.15) is 65.7 Å². The highest BCUT2D eigenvalue weighted by Crippen LogP contribution is 2.57. The molecule has 0 radical (unpaired) electrons. The second-order valence-corrected chi connectivity index (χ2v) is 13.6. The van der Waals surface area contributed by atoms with Gasteiger partial charge in [-0.25, -0.2) is 0 Å². The number of aliphatic hydroxyl groups excluding tert-OH is 3. The molecule has 2 aromatic carbocycles. The van der Waals surface area contributed by atoms with Crippen LogP contribution in [0.25, 0.3) is 10.8 Å². The van der Waals surface area contributed by atoms with E-state index in [-0.39, 0.29) is 38.9 Å². The smallest absolute Gasteiger partial charge is 0.302 e. The fraction of sp³-hybridized carbons (Fsp3) is 0.514. The van der Waals surface area contributed by atoms with E-state index in [1.165, 1.54) is 53.2 Å². The molecule has 0 saturated heterocycles. The van der Waals surface area contributed by atoms with E-state index < -0.39 is 89.1 Å². The van der Waals surface area contributed by atoms with Crippen LogP contribution in [-0.4, -0.2) is 79.8 Å². The first-order valence-corrected chi connectivity index (χ1v) is 16.5. The maximum absolute atomic E-state index is 13.1. The molecule has 10 atom stereocenters. The van der Waals surface area contributed by atoms with Crippen molar-refractivity contribution in [1.29, 1.82) is 0 Å². The lowest BCUT2D eigenvalue weighted by Crippen LogP contribution is -2.46. The zero-order valence-electron chi connectivity index (χ0n) is 29.8. The number of aromatic hydroxyl groups is 3. The van der Waals surface area contributed by atoms with Crippen molar-refractivity contribution in [2.45, 2.75) is 91.7 Å². The van der Waals surface area contributed by atoms with Gasteiger partial charge >= 0.3 is 5.97 Å². The fourth-order valence-corrected chi connectivity index (χ4v) is 6.80. The molecule has 0 aliphatic carbocycles. The summed E-state index contributed by atoms with van der Waals surface area (Å²) in [6.07, 6.45) is 2.27.